The predicted octanol–water partition coefficient (Wildman–Crippen LogP) is 1.16. The summed E-state index contributed by atoms with van der Waals surface area (Å²) >= 11 is 0. The highest BCUT2D eigenvalue weighted by atomic mass is 32.2. The number of hydrogen-bond donors (Lipinski definition) is 1. The molecule has 1 aromatic carbocycles. The van der Waals surface area contributed by atoms with Crippen LogP contribution in [0.4, 0.5) is 0 Å². The second-order valence-electron chi connectivity index (χ2n) is 5.18. The van der Waals surface area contributed by atoms with Crippen LogP contribution in [0.1, 0.15) is 13.8 Å². The maximum Gasteiger partial charge on any atom is 0.179 e. The first kappa shape index (κ1) is 15.1. The summed E-state index contributed by atoms with van der Waals surface area (Å²) in [5.41, 5.74) is -0.814. The van der Waals surface area contributed by atoms with Gasteiger partial charge in [0.2, 0.25) is 0 Å². The van der Waals surface area contributed by atoms with Gasteiger partial charge in [0, 0.05) is 13.1 Å². The molecule has 0 radical (unpaired) electrons. The van der Waals surface area contributed by atoms with Crippen molar-refractivity contribution in [3.63, 3.8) is 0 Å². The van der Waals surface area contributed by atoms with Crippen LogP contribution < -0.4 is 0 Å². The predicted molar refractivity (Wildman–Crippen MR) is 72.3 cm³/mol. The largest absolute Gasteiger partial charge is 0.389 e. The van der Waals surface area contributed by atoms with Crippen LogP contribution in [-0.4, -0.2) is 49.9 Å². The zero-order valence-electron chi connectivity index (χ0n) is 11.1. The molecule has 0 aliphatic heterocycles. The van der Waals surface area contributed by atoms with E-state index in [1.165, 1.54) is 0 Å². The monoisotopic (exact) mass is 271 g/mol. The smallest absolute Gasteiger partial charge is 0.179 e. The zero-order chi connectivity index (χ0) is 13.8. The van der Waals surface area contributed by atoms with Gasteiger partial charge in [-0.15, -0.1) is 0 Å². The van der Waals surface area contributed by atoms with Crippen molar-refractivity contribution >= 4 is 9.84 Å². The first-order valence-electron chi connectivity index (χ1n) is 5.89. The summed E-state index contributed by atoms with van der Waals surface area (Å²) in [5.74, 6) is 0.0591. The topological polar surface area (TPSA) is 57.6 Å². The van der Waals surface area contributed by atoms with E-state index in [9.17, 15) is 13.5 Å². The SMILES string of the molecule is CN(CCS(=O)(=O)c1ccccc1)CC(C)(C)O. The Hall–Kier alpha value is -0.910. The Balaban J connectivity index is 2.58. The van der Waals surface area contributed by atoms with E-state index in [0.29, 0.717) is 18.0 Å². The Bertz CT molecular complexity index is 463. The first-order valence-corrected chi connectivity index (χ1v) is 7.55. The van der Waals surface area contributed by atoms with Gasteiger partial charge in [-0.3, -0.25) is 0 Å². The van der Waals surface area contributed by atoms with Gasteiger partial charge in [-0.25, -0.2) is 8.42 Å². The fourth-order valence-corrected chi connectivity index (χ4v) is 3.12. The summed E-state index contributed by atoms with van der Waals surface area (Å²) in [4.78, 5) is 2.17. The molecule has 5 heteroatoms. The number of likely N-dealkylation sites (N-methyl/N-ethyl adjacent to an activating group) is 1. The van der Waals surface area contributed by atoms with Crippen molar-refractivity contribution in [3.8, 4) is 0 Å². The molecule has 0 atom stereocenters. The standard InChI is InChI=1S/C13H21NO3S/c1-13(2,15)11-14(3)9-10-18(16,17)12-7-5-4-6-8-12/h4-8,15H,9-11H2,1-3H3. The number of nitrogens with zero attached hydrogens (tertiary/aromatic N) is 1. The highest BCUT2D eigenvalue weighted by Gasteiger charge is 2.18. The minimum Gasteiger partial charge on any atom is -0.389 e. The van der Waals surface area contributed by atoms with E-state index in [1.807, 2.05) is 4.90 Å². The quantitative estimate of drug-likeness (QED) is 0.843. The first-order chi connectivity index (χ1) is 8.21. The molecule has 0 amide bonds. The third-order valence-corrected chi connectivity index (χ3v) is 4.21. The molecule has 18 heavy (non-hydrogen) atoms. The van der Waals surface area contributed by atoms with Gasteiger partial charge < -0.3 is 10.0 Å². The van der Waals surface area contributed by atoms with E-state index in [-0.39, 0.29) is 5.75 Å². The van der Waals surface area contributed by atoms with Crippen LogP contribution in [0, 0.1) is 0 Å². The van der Waals surface area contributed by atoms with Crippen molar-refractivity contribution in [1.29, 1.82) is 0 Å². The van der Waals surface area contributed by atoms with Gasteiger partial charge >= 0.3 is 0 Å². The Labute approximate surface area is 109 Å². The molecule has 4 nitrogen and oxygen atoms in total. The van der Waals surface area contributed by atoms with Gasteiger partial charge in [0.1, 0.15) is 0 Å². The second kappa shape index (κ2) is 5.82. The van der Waals surface area contributed by atoms with Gasteiger partial charge in [0.15, 0.2) is 9.84 Å². The van der Waals surface area contributed by atoms with Gasteiger partial charge in [-0.05, 0) is 33.0 Å². The van der Waals surface area contributed by atoms with E-state index in [2.05, 4.69) is 0 Å². The minimum absolute atomic E-state index is 0.0591. The summed E-state index contributed by atoms with van der Waals surface area (Å²) < 4.78 is 24.0. The molecular weight excluding hydrogens is 250 g/mol. The summed E-state index contributed by atoms with van der Waals surface area (Å²) in [7, 11) is -1.43. The molecule has 0 unspecified atom stereocenters. The zero-order valence-corrected chi connectivity index (χ0v) is 11.9. The van der Waals surface area contributed by atoms with E-state index >= 15 is 0 Å². The highest BCUT2D eigenvalue weighted by molar-refractivity contribution is 7.91. The van der Waals surface area contributed by atoms with E-state index in [4.69, 9.17) is 0 Å². The van der Waals surface area contributed by atoms with Gasteiger partial charge in [-0.2, -0.15) is 0 Å². The van der Waals surface area contributed by atoms with Gasteiger partial charge in [0.05, 0.1) is 16.2 Å². The van der Waals surface area contributed by atoms with Crippen molar-refractivity contribution in [2.24, 2.45) is 0 Å². The number of rotatable bonds is 6. The maximum atomic E-state index is 12.0. The fraction of sp³-hybridized carbons (Fsp3) is 0.538. The molecule has 0 spiro atoms. The molecule has 1 N–H and O–H groups in total. The highest BCUT2D eigenvalue weighted by Crippen LogP contribution is 2.10. The molecular formula is C13H21NO3S. The lowest BCUT2D eigenvalue weighted by Crippen LogP contribution is -2.38. The van der Waals surface area contributed by atoms with Crippen LogP contribution in [0.15, 0.2) is 35.2 Å². The second-order valence-corrected chi connectivity index (χ2v) is 7.29. The van der Waals surface area contributed by atoms with Crippen molar-refractivity contribution in [2.45, 2.75) is 24.3 Å². The molecule has 0 bridgehead atoms. The maximum absolute atomic E-state index is 12.0. The minimum atomic E-state index is -3.23. The van der Waals surface area contributed by atoms with Crippen molar-refractivity contribution in [2.75, 3.05) is 25.9 Å². The molecule has 0 aliphatic carbocycles. The third-order valence-electron chi connectivity index (χ3n) is 2.50. The number of benzene rings is 1. The van der Waals surface area contributed by atoms with Gasteiger partial charge in [-0.1, -0.05) is 18.2 Å². The van der Waals surface area contributed by atoms with Crippen molar-refractivity contribution in [3.05, 3.63) is 30.3 Å². The summed E-state index contributed by atoms with van der Waals surface area (Å²) in [6, 6.07) is 8.43. The summed E-state index contributed by atoms with van der Waals surface area (Å²) in [6.45, 7) is 4.25. The number of sulfone groups is 1. The summed E-state index contributed by atoms with van der Waals surface area (Å²) in [6.07, 6.45) is 0. The molecule has 0 heterocycles. The van der Waals surface area contributed by atoms with Crippen LogP contribution in [0.25, 0.3) is 0 Å². The Morgan fingerprint density at radius 3 is 2.28 bits per heavy atom. The number of aliphatic hydroxyl groups is 1. The molecule has 1 aromatic rings. The molecule has 0 aliphatic rings. The van der Waals surface area contributed by atoms with Crippen LogP contribution in [0.3, 0.4) is 0 Å². The third kappa shape index (κ3) is 5.16. The number of hydrogen-bond acceptors (Lipinski definition) is 4. The molecule has 102 valence electrons. The molecule has 0 saturated heterocycles. The van der Waals surface area contributed by atoms with E-state index in [1.54, 1.807) is 51.2 Å². The van der Waals surface area contributed by atoms with Crippen molar-refractivity contribution in [1.82, 2.24) is 4.90 Å². The van der Waals surface area contributed by atoms with Gasteiger partial charge in [0.25, 0.3) is 0 Å². The molecule has 0 aromatic heterocycles. The van der Waals surface area contributed by atoms with E-state index in [0.717, 1.165) is 0 Å². The Morgan fingerprint density at radius 2 is 1.78 bits per heavy atom. The van der Waals surface area contributed by atoms with E-state index < -0.39 is 15.4 Å². The van der Waals surface area contributed by atoms with Crippen LogP contribution >= 0.6 is 0 Å². The Morgan fingerprint density at radius 1 is 1.22 bits per heavy atom. The molecule has 1 rings (SSSR count). The summed E-state index contributed by atoms with van der Waals surface area (Å²) in [5, 5.41) is 9.64. The molecule has 0 saturated carbocycles. The molecule has 0 fully saturated rings. The lowest BCUT2D eigenvalue weighted by atomic mass is 10.1. The fourth-order valence-electron chi connectivity index (χ4n) is 1.76. The van der Waals surface area contributed by atoms with Crippen LogP contribution in [0.2, 0.25) is 0 Å². The van der Waals surface area contributed by atoms with Crippen molar-refractivity contribution < 1.29 is 13.5 Å². The average Bonchev–Trinajstić information content (AvgIpc) is 2.26. The normalized spacial score (nSPS) is 12.9. The Kier molecular flexibility index (Phi) is 4.90. The average molecular weight is 271 g/mol. The van der Waals surface area contributed by atoms with Crippen LogP contribution in [-0.2, 0) is 9.84 Å². The van der Waals surface area contributed by atoms with Crippen LogP contribution in [0.5, 0.6) is 0 Å². The lowest BCUT2D eigenvalue weighted by Gasteiger charge is -2.25. The lowest BCUT2D eigenvalue weighted by molar-refractivity contribution is 0.0463.